The molecule has 1 heterocycles. The van der Waals surface area contributed by atoms with Gasteiger partial charge in [-0.05, 0) is 37.0 Å². The van der Waals surface area contributed by atoms with E-state index in [1.54, 1.807) is 6.92 Å². The lowest BCUT2D eigenvalue weighted by Gasteiger charge is -2.37. The van der Waals surface area contributed by atoms with Crippen LogP contribution >= 0.6 is 0 Å². The first-order chi connectivity index (χ1) is 12.1. The molecule has 1 aromatic rings. The molecule has 0 amide bonds. The topological polar surface area (TPSA) is 102 Å². The highest BCUT2D eigenvalue weighted by atomic mass is 32.2. The van der Waals surface area contributed by atoms with Gasteiger partial charge in [-0.3, -0.25) is 4.79 Å². The largest absolute Gasteiger partial charge is 0.340 e. The maximum atomic E-state index is 13.2. The number of rotatable bonds is 5. The quantitative estimate of drug-likeness (QED) is 0.840. The Labute approximate surface area is 154 Å². The lowest BCUT2D eigenvalue weighted by molar-refractivity contribution is -0.128. The Hall–Kier alpha value is -1.28. The Kier molecular flexibility index (Phi) is 3.91. The number of aromatic nitrogens is 2. The van der Waals surface area contributed by atoms with E-state index in [2.05, 4.69) is 28.7 Å². The summed E-state index contributed by atoms with van der Waals surface area (Å²) in [5.74, 6) is 1.11. The minimum Gasteiger partial charge on any atom is -0.340 e. The third-order valence-electron chi connectivity index (χ3n) is 7.34. The van der Waals surface area contributed by atoms with Gasteiger partial charge < -0.3 is 4.52 Å². The van der Waals surface area contributed by atoms with Crippen LogP contribution in [0.15, 0.2) is 4.52 Å². The molecule has 3 fully saturated rings. The Morgan fingerprint density at radius 3 is 2.42 bits per heavy atom. The van der Waals surface area contributed by atoms with Crippen molar-refractivity contribution in [3.63, 3.8) is 0 Å². The van der Waals surface area contributed by atoms with Crippen LogP contribution < -0.4 is 4.72 Å². The smallest absolute Gasteiger partial charge is 0.223 e. The minimum absolute atomic E-state index is 0.111. The number of aryl methyl sites for hydroxylation is 1. The zero-order chi connectivity index (χ0) is 18.8. The SMILES string of the molecule is Cc1nc(C2(NS(=O)(=O)CC34CCC(CC3=O)C4(C)C)CCCC2)no1. The van der Waals surface area contributed by atoms with Crippen molar-refractivity contribution in [1.29, 1.82) is 0 Å². The number of Topliss-reactive ketones (excluding diaryl/α,β-unsaturated/α-hetero) is 1. The standard InChI is InChI=1S/C18H27N3O4S/c1-12-19-15(20-25-12)18(7-4-5-8-18)21-26(23,24)11-17-9-6-13(10-14(17)22)16(17,2)3/h13,21H,4-11H2,1-3H3. The highest BCUT2D eigenvalue weighted by Crippen LogP contribution is 2.64. The Balaban J connectivity index is 1.64. The second-order valence-electron chi connectivity index (χ2n) is 8.95. The average molecular weight is 381 g/mol. The summed E-state index contributed by atoms with van der Waals surface area (Å²) in [6.07, 6.45) is 5.23. The number of ketones is 1. The predicted molar refractivity (Wildman–Crippen MR) is 94.7 cm³/mol. The number of nitrogens with zero attached hydrogens (tertiary/aromatic N) is 2. The van der Waals surface area contributed by atoms with Gasteiger partial charge in [-0.1, -0.05) is 31.8 Å². The number of sulfonamides is 1. The summed E-state index contributed by atoms with van der Waals surface area (Å²) in [6.45, 7) is 5.81. The van der Waals surface area contributed by atoms with Crippen molar-refractivity contribution in [1.82, 2.24) is 14.9 Å². The fourth-order valence-corrected chi connectivity index (χ4v) is 7.90. The molecule has 0 aromatic carbocycles. The molecule has 0 radical (unpaired) electrons. The summed E-state index contributed by atoms with van der Waals surface area (Å²) < 4.78 is 34.4. The molecule has 1 N–H and O–H groups in total. The molecule has 2 atom stereocenters. The van der Waals surface area contributed by atoms with E-state index in [0.717, 1.165) is 19.3 Å². The average Bonchev–Trinajstić information content (AvgIpc) is 3.25. The molecular formula is C18H27N3O4S. The fourth-order valence-electron chi connectivity index (χ4n) is 5.61. The lowest BCUT2D eigenvalue weighted by Crippen LogP contribution is -2.51. The van der Waals surface area contributed by atoms with Crippen molar-refractivity contribution >= 4 is 15.8 Å². The van der Waals surface area contributed by atoms with Gasteiger partial charge in [-0.25, -0.2) is 13.1 Å². The molecule has 26 heavy (non-hydrogen) atoms. The monoisotopic (exact) mass is 381 g/mol. The number of fused-ring (bicyclic) bond motifs is 2. The molecule has 2 unspecified atom stereocenters. The van der Waals surface area contributed by atoms with E-state index in [4.69, 9.17) is 4.52 Å². The lowest BCUT2D eigenvalue weighted by atomic mass is 9.70. The van der Waals surface area contributed by atoms with Crippen molar-refractivity contribution in [3.05, 3.63) is 11.7 Å². The first-order valence-corrected chi connectivity index (χ1v) is 11.1. The van der Waals surface area contributed by atoms with Crippen molar-refractivity contribution in [2.45, 2.75) is 71.3 Å². The molecule has 0 aliphatic heterocycles. The van der Waals surface area contributed by atoms with Gasteiger partial charge in [0, 0.05) is 18.8 Å². The van der Waals surface area contributed by atoms with E-state index in [9.17, 15) is 13.2 Å². The highest BCUT2D eigenvalue weighted by Gasteiger charge is 2.65. The van der Waals surface area contributed by atoms with Crippen molar-refractivity contribution in [3.8, 4) is 0 Å². The maximum Gasteiger partial charge on any atom is 0.223 e. The van der Waals surface area contributed by atoms with E-state index >= 15 is 0 Å². The van der Waals surface area contributed by atoms with Crippen LogP contribution in [0.5, 0.6) is 0 Å². The second kappa shape index (κ2) is 5.61. The fraction of sp³-hybridized carbons (Fsp3) is 0.833. The molecule has 3 aliphatic carbocycles. The van der Waals surface area contributed by atoms with Crippen LogP contribution in [0.4, 0.5) is 0 Å². The number of carbonyl (C=O) groups is 1. The second-order valence-corrected chi connectivity index (χ2v) is 10.7. The van der Waals surface area contributed by atoms with Crippen LogP contribution in [0.3, 0.4) is 0 Å². The Bertz CT molecular complexity index is 838. The maximum absolute atomic E-state index is 13.2. The molecule has 7 nitrogen and oxygen atoms in total. The zero-order valence-electron chi connectivity index (χ0n) is 15.7. The highest BCUT2D eigenvalue weighted by molar-refractivity contribution is 7.89. The number of hydrogen-bond acceptors (Lipinski definition) is 6. The van der Waals surface area contributed by atoms with E-state index < -0.39 is 21.0 Å². The summed E-state index contributed by atoms with van der Waals surface area (Å²) in [4.78, 5) is 17.0. The van der Waals surface area contributed by atoms with Crippen LogP contribution in [0.25, 0.3) is 0 Å². The number of hydrogen-bond donors (Lipinski definition) is 1. The van der Waals surface area contributed by atoms with Gasteiger partial charge in [0.05, 0.1) is 11.3 Å². The van der Waals surface area contributed by atoms with Gasteiger partial charge in [0.15, 0.2) is 5.82 Å². The normalized spacial score (nSPS) is 32.4. The van der Waals surface area contributed by atoms with Gasteiger partial charge in [0.25, 0.3) is 0 Å². The summed E-state index contributed by atoms with van der Waals surface area (Å²) in [7, 11) is -3.69. The van der Waals surface area contributed by atoms with Crippen LogP contribution in [0, 0.1) is 23.7 Å². The molecule has 4 rings (SSSR count). The molecule has 8 heteroatoms. The number of nitrogens with one attached hydrogen (secondary N) is 1. The van der Waals surface area contributed by atoms with Crippen molar-refractivity contribution in [2.24, 2.45) is 16.7 Å². The van der Waals surface area contributed by atoms with Crippen LogP contribution in [-0.4, -0.2) is 30.1 Å². The van der Waals surface area contributed by atoms with E-state index in [1.807, 2.05) is 0 Å². The minimum atomic E-state index is -3.69. The van der Waals surface area contributed by atoms with Gasteiger partial charge in [-0.2, -0.15) is 4.98 Å². The third-order valence-corrected chi connectivity index (χ3v) is 8.91. The molecule has 3 saturated carbocycles. The first-order valence-electron chi connectivity index (χ1n) is 9.46. The molecule has 2 bridgehead atoms. The summed E-state index contributed by atoms with van der Waals surface area (Å²) >= 11 is 0. The van der Waals surface area contributed by atoms with Crippen molar-refractivity contribution in [2.75, 3.05) is 5.75 Å². The Morgan fingerprint density at radius 2 is 1.92 bits per heavy atom. The van der Waals surface area contributed by atoms with Crippen LogP contribution in [-0.2, 0) is 20.4 Å². The van der Waals surface area contributed by atoms with Crippen LogP contribution in [0.1, 0.15) is 70.5 Å². The van der Waals surface area contributed by atoms with E-state index in [0.29, 0.717) is 43.3 Å². The molecule has 1 aromatic heterocycles. The van der Waals surface area contributed by atoms with Gasteiger partial charge in [-0.15, -0.1) is 0 Å². The van der Waals surface area contributed by atoms with Crippen LogP contribution in [0.2, 0.25) is 0 Å². The molecule has 3 aliphatic rings. The summed E-state index contributed by atoms with van der Waals surface area (Å²) in [5, 5.41) is 4.00. The van der Waals surface area contributed by atoms with Gasteiger partial charge in [0.2, 0.25) is 15.9 Å². The molecule has 0 spiro atoms. The van der Waals surface area contributed by atoms with E-state index in [-0.39, 0.29) is 17.0 Å². The predicted octanol–water partition coefficient (Wildman–Crippen LogP) is 2.46. The van der Waals surface area contributed by atoms with Gasteiger partial charge in [0.1, 0.15) is 5.78 Å². The molecule has 0 saturated heterocycles. The zero-order valence-corrected chi connectivity index (χ0v) is 16.5. The van der Waals surface area contributed by atoms with E-state index in [1.165, 1.54) is 0 Å². The van der Waals surface area contributed by atoms with Crippen molar-refractivity contribution < 1.29 is 17.7 Å². The third kappa shape index (κ3) is 2.48. The summed E-state index contributed by atoms with van der Waals surface area (Å²) in [6, 6.07) is 0. The van der Waals surface area contributed by atoms with Gasteiger partial charge >= 0.3 is 0 Å². The molecule has 144 valence electrons. The summed E-state index contributed by atoms with van der Waals surface area (Å²) in [5.41, 5.74) is -1.85. The Morgan fingerprint density at radius 1 is 1.23 bits per heavy atom. The number of carbonyl (C=O) groups excluding carboxylic acids is 1. The molecular weight excluding hydrogens is 354 g/mol. The first kappa shape index (κ1) is 18.1.